The molecule has 0 bridgehead atoms. The van der Waals surface area contributed by atoms with Crippen LogP contribution in [0.3, 0.4) is 0 Å². The molecule has 2 aromatic rings. The number of hydrogen-bond donors (Lipinski definition) is 2. The smallest absolute Gasteiger partial charge is 0.387 e. The van der Waals surface area contributed by atoms with Crippen LogP contribution in [0.15, 0.2) is 48.0 Å². The van der Waals surface area contributed by atoms with Crippen LogP contribution in [0.5, 0.6) is 5.75 Å². The van der Waals surface area contributed by atoms with Gasteiger partial charge in [-0.25, -0.2) is 4.98 Å². The van der Waals surface area contributed by atoms with E-state index >= 15 is 0 Å². The Morgan fingerprint density at radius 2 is 1.97 bits per heavy atom. The Morgan fingerprint density at radius 3 is 2.31 bits per heavy atom. The lowest BCUT2D eigenvalue weighted by Gasteiger charge is -2.04. The monoisotopic (exact) mass is 465 g/mol. The van der Waals surface area contributed by atoms with Gasteiger partial charge in [0.15, 0.2) is 5.13 Å². The van der Waals surface area contributed by atoms with E-state index in [2.05, 4.69) is 21.6 Å². The Balaban J connectivity index is 0.000000736. The zero-order valence-corrected chi connectivity index (χ0v) is 18.5. The number of nitrogens with one attached hydrogen (secondary N) is 1. The number of carbonyl (C=O) groups is 1. The molecule has 3 N–H and O–H groups in total. The van der Waals surface area contributed by atoms with Gasteiger partial charge in [0.25, 0.3) is 0 Å². The highest BCUT2D eigenvalue weighted by Crippen LogP contribution is 2.27. The van der Waals surface area contributed by atoms with Crippen molar-refractivity contribution in [2.24, 2.45) is 0 Å². The van der Waals surface area contributed by atoms with Crippen molar-refractivity contribution in [2.75, 3.05) is 24.0 Å². The maximum absolute atomic E-state index is 12.2. The normalized spacial score (nSPS) is 10.3. The molecule has 0 saturated heterocycles. The molecule has 1 heterocycles. The van der Waals surface area contributed by atoms with E-state index in [-0.39, 0.29) is 17.4 Å². The SMILES string of the molecule is C/C(Cl)=C\CCl.C=CC.CNc1nc(N)c(C(=O)c2ccc(OC(F)F)cc2)s1. The van der Waals surface area contributed by atoms with Crippen LogP contribution in [0, 0.1) is 0 Å². The van der Waals surface area contributed by atoms with Gasteiger partial charge in [0.05, 0.1) is 0 Å². The van der Waals surface area contributed by atoms with Gasteiger partial charge in [0.1, 0.15) is 16.4 Å². The number of ether oxygens (including phenoxy) is 1. The van der Waals surface area contributed by atoms with Gasteiger partial charge in [-0.1, -0.05) is 35.1 Å². The number of benzene rings is 1. The molecule has 5 nitrogen and oxygen atoms in total. The van der Waals surface area contributed by atoms with Crippen molar-refractivity contribution >= 4 is 51.3 Å². The highest BCUT2D eigenvalue weighted by Gasteiger charge is 2.17. The number of carbonyl (C=O) groups excluding carboxylic acids is 1. The molecule has 2 rings (SSSR count). The van der Waals surface area contributed by atoms with Gasteiger partial charge >= 0.3 is 6.61 Å². The molecule has 0 saturated carbocycles. The third-order valence-corrected chi connectivity index (χ3v) is 4.17. The minimum absolute atomic E-state index is 0.00950. The van der Waals surface area contributed by atoms with Crippen LogP contribution in [0.2, 0.25) is 0 Å². The highest BCUT2D eigenvalue weighted by atomic mass is 35.5. The number of ketones is 1. The number of thiazole rings is 1. The van der Waals surface area contributed by atoms with E-state index in [0.29, 0.717) is 21.5 Å². The molecule has 1 aromatic heterocycles. The van der Waals surface area contributed by atoms with Crippen LogP contribution in [0.25, 0.3) is 0 Å². The molecule has 10 heteroatoms. The van der Waals surface area contributed by atoms with Gasteiger partial charge in [0.2, 0.25) is 5.78 Å². The summed E-state index contributed by atoms with van der Waals surface area (Å²) in [5, 5.41) is 4.08. The fourth-order valence-electron chi connectivity index (χ4n) is 1.63. The van der Waals surface area contributed by atoms with Gasteiger partial charge in [-0.3, -0.25) is 4.79 Å². The molecule has 1 aromatic carbocycles. The summed E-state index contributed by atoms with van der Waals surface area (Å²) in [7, 11) is 1.67. The van der Waals surface area contributed by atoms with Crippen LogP contribution in [-0.4, -0.2) is 30.3 Å². The first-order valence-electron chi connectivity index (χ1n) is 8.18. The second-order valence-corrected chi connectivity index (χ2v) is 6.97. The molecule has 0 amide bonds. The van der Waals surface area contributed by atoms with Gasteiger partial charge in [-0.15, -0.1) is 18.2 Å². The van der Waals surface area contributed by atoms with Crippen LogP contribution in [0.1, 0.15) is 29.1 Å². The lowest BCUT2D eigenvalue weighted by molar-refractivity contribution is -0.0498. The average molecular weight is 466 g/mol. The summed E-state index contributed by atoms with van der Waals surface area (Å²) in [4.78, 5) is 16.5. The molecule has 0 unspecified atom stereocenters. The average Bonchev–Trinajstić information content (AvgIpc) is 3.03. The first kappa shape index (κ1) is 26.8. The largest absolute Gasteiger partial charge is 0.435 e. The molecule has 160 valence electrons. The topological polar surface area (TPSA) is 77.2 Å². The second kappa shape index (κ2) is 14.8. The standard InChI is InChI=1S/C12H11F2N3O2S.C4H6Cl2.C3H6/c1-16-12-17-10(15)9(20-12)8(18)6-2-4-7(5-3-6)19-11(13)14;1-4(6)2-3-5;1-3-2/h2-5,11H,15H2,1H3,(H,16,17);2H,3H2,1H3;3H,1H2,2H3/b;4-2+;. The summed E-state index contributed by atoms with van der Waals surface area (Å²) < 4.78 is 28.3. The van der Waals surface area contributed by atoms with Gasteiger partial charge < -0.3 is 15.8 Å². The molecule has 0 aliphatic rings. The molecule has 0 fully saturated rings. The molecular formula is C19H23Cl2F2N3O2S. The van der Waals surface area contributed by atoms with E-state index in [1.165, 1.54) is 24.3 Å². The maximum Gasteiger partial charge on any atom is 0.387 e. The Labute approximate surface area is 183 Å². The molecule has 0 radical (unpaired) electrons. The van der Waals surface area contributed by atoms with E-state index < -0.39 is 6.61 Å². The Morgan fingerprint density at radius 1 is 1.41 bits per heavy atom. The fourth-order valence-corrected chi connectivity index (χ4v) is 2.81. The van der Waals surface area contributed by atoms with Crippen molar-refractivity contribution in [1.29, 1.82) is 0 Å². The first-order valence-corrected chi connectivity index (χ1v) is 9.91. The number of aromatic nitrogens is 1. The van der Waals surface area contributed by atoms with E-state index in [0.717, 1.165) is 16.4 Å². The molecule has 0 atom stereocenters. The van der Waals surface area contributed by atoms with Crippen molar-refractivity contribution in [1.82, 2.24) is 4.98 Å². The van der Waals surface area contributed by atoms with E-state index in [1.54, 1.807) is 26.1 Å². The summed E-state index contributed by atoms with van der Waals surface area (Å²) in [6.45, 7) is 4.15. The summed E-state index contributed by atoms with van der Waals surface area (Å²) >= 11 is 11.7. The van der Waals surface area contributed by atoms with E-state index in [9.17, 15) is 13.6 Å². The Hall–Kier alpha value is -2.16. The van der Waals surface area contributed by atoms with Crippen LogP contribution >= 0.6 is 34.5 Å². The minimum Gasteiger partial charge on any atom is -0.435 e. The van der Waals surface area contributed by atoms with Gasteiger partial charge in [-0.05, 0) is 38.1 Å². The maximum atomic E-state index is 12.2. The van der Waals surface area contributed by atoms with Crippen molar-refractivity contribution in [3.05, 3.63) is 58.5 Å². The number of rotatable bonds is 6. The van der Waals surface area contributed by atoms with Crippen LogP contribution < -0.4 is 15.8 Å². The summed E-state index contributed by atoms with van der Waals surface area (Å²) in [6, 6.07) is 5.40. The minimum atomic E-state index is -2.90. The summed E-state index contributed by atoms with van der Waals surface area (Å²) in [5.41, 5.74) is 5.99. The third kappa shape index (κ3) is 10.8. The van der Waals surface area contributed by atoms with Gasteiger partial charge in [0, 0.05) is 23.5 Å². The number of alkyl halides is 3. The van der Waals surface area contributed by atoms with Crippen molar-refractivity contribution in [3.63, 3.8) is 0 Å². The fraction of sp³-hybridized carbons (Fsp3) is 0.263. The first-order chi connectivity index (χ1) is 13.7. The Bertz CT molecular complexity index is 793. The number of halogens is 4. The lowest BCUT2D eigenvalue weighted by Crippen LogP contribution is -2.04. The zero-order valence-electron chi connectivity index (χ0n) is 16.2. The molecule has 0 aliphatic heterocycles. The number of nitrogens with two attached hydrogens (primary N) is 1. The van der Waals surface area contributed by atoms with Crippen molar-refractivity contribution in [2.45, 2.75) is 20.5 Å². The number of allylic oxidation sites excluding steroid dienone is 3. The number of nitrogen functional groups attached to an aromatic ring is 1. The highest BCUT2D eigenvalue weighted by molar-refractivity contribution is 7.18. The predicted molar refractivity (Wildman–Crippen MR) is 119 cm³/mol. The lowest BCUT2D eigenvalue weighted by atomic mass is 10.1. The van der Waals surface area contributed by atoms with E-state index in [4.69, 9.17) is 28.9 Å². The number of nitrogens with zero attached hydrogens (tertiary/aromatic N) is 1. The summed E-state index contributed by atoms with van der Waals surface area (Å²) in [6.07, 6.45) is 3.49. The quantitative estimate of drug-likeness (QED) is 0.303. The van der Waals surface area contributed by atoms with E-state index in [1.807, 2.05) is 6.92 Å². The number of hydrogen-bond acceptors (Lipinski definition) is 6. The molecule has 0 aliphatic carbocycles. The second-order valence-electron chi connectivity index (χ2n) is 5.07. The van der Waals surface area contributed by atoms with Crippen LogP contribution in [-0.2, 0) is 0 Å². The molecular weight excluding hydrogens is 443 g/mol. The van der Waals surface area contributed by atoms with Gasteiger partial charge in [-0.2, -0.15) is 8.78 Å². The zero-order chi connectivity index (χ0) is 22.4. The Kier molecular flexibility index (Phi) is 13.7. The summed E-state index contributed by atoms with van der Waals surface area (Å²) in [5.74, 6) is 0.321. The van der Waals surface area contributed by atoms with Crippen LogP contribution in [0.4, 0.5) is 19.7 Å². The predicted octanol–water partition coefficient (Wildman–Crippen LogP) is 6.16. The molecule has 29 heavy (non-hydrogen) atoms. The molecule has 0 spiro atoms. The third-order valence-electron chi connectivity index (χ3n) is 2.77. The number of anilines is 2. The van der Waals surface area contributed by atoms with Crippen molar-refractivity contribution in [3.8, 4) is 5.75 Å². The van der Waals surface area contributed by atoms with Crippen molar-refractivity contribution < 1.29 is 18.3 Å².